The van der Waals surface area contributed by atoms with Crippen molar-refractivity contribution in [3.05, 3.63) is 64.0 Å². The zero-order valence-corrected chi connectivity index (χ0v) is 14.8. The zero-order chi connectivity index (χ0) is 20.4. The van der Waals surface area contributed by atoms with Gasteiger partial charge >= 0.3 is 12.5 Å². The number of para-hydroxylation sites is 2. The van der Waals surface area contributed by atoms with Gasteiger partial charge in [0, 0.05) is 12.1 Å². The van der Waals surface area contributed by atoms with E-state index in [1.807, 2.05) is 0 Å². The highest BCUT2D eigenvalue weighted by Crippen LogP contribution is 2.30. The van der Waals surface area contributed by atoms with Gasteiger partial charge in [-0.1, -0.05) is 12.1 Å². The summed E-state index contributed by atoms with van der Waals surface area (Å²) in [5.74, 6) is -1.04. The van der Waals surface area contributed by atoms with E-state index in [4.69, 9.17) is 9.47 Å². The quantitative estimate of drug-likeness (QED) is 0.354. The van der Waals surface area contributed by atoms with Gasteiger partial charge in [-0.3, -0.25) is 14.7 Å². The third-order valence-electron chi connectivity index (χ3n) is 4.08. The lowest BCUT2D eigenvalue weighted by Crippen LogP contribution is -2.15. The number of carbonyl (C=O) groups excluding carboxylic acids is 1. The van der Waals surface area contributed by atoms with Crippen molar-refractivity contribution in [2.24, 2.45) is 0 Å². The molecule has 1 heterocycles. The second-order valence-corrected chi connectivity index (χ2v) is 5.80. The number of carbonyl (C=O) groups is 1. The van der Waals surface area contributed by atoms with Crippen LogP contribution in [-0.4, -0.2) is 27.6 Å². The molecule has 0 radical (unpaired) electrons. The summed E-state index contributed by atoms with van der Waals surface area (Å²) in [6, 6.07) is 9.73. The molecule has 0 spiro atoms. The van der Waals surface area contributed by atoms with Crippen LogP contribution in [-0.2, 0) is 4.74 Å². The Hall–Kier alpha value is -3.56. The van der Waals surface area contributed by atoms with Gasteiger partial charge in [-0.15, -0.1) is 0 Å². The number of aromatic nitrogens is 2. The van der Waals surface area contributed by atoms with Gasteiger partial charge in [0.25, 0.3) is 5.69 Å². The number of esters is 1. The van der Waals surface area contributed by atoms with Crippen molar-refractivity contribution in [3.8, 4) is 5.75 Å². The van der Waals surface area contributed by atoms with Crippen LogP contribution in [0.3, 0.4) is 0 Å². The van der Waals surface area contributed by atoms with Gasteiger partial charge < -0.3 is 9.47 Å². The van der Waals surface area contributed by atoms with E-state index in [0.29, 0.717) is 10.1 Å². The largest absolute Gasteiger partial charge is 0.496 e. The maximum absolute atomic E-state index is 13.6. The molecule has 0 saturated heterocycles. The van der Waals surface area contributed by atoms with E-state index in [2.05, 4.69) is 4.98 Å². The Kier molecular flexibility index (Phi) is 5.21. The number of benzene rings is 2. The molecule has 8 nitrogen and oxygen atoms in total. The number of nitro benzene ring substituents is 1. The maximum Gasteiger partial charge on any atom is 0.342 e. The summed E-state index contributed by atoms with van der Waals surface area (Å²) in [5, 5.41) is 11.0. The molecule has 0 saturated carbocycles. The molecule has 10 heteroatoms. The first-order valence-corrected chi connectivity index (χ1v) is 8.12. The molecule has 1 unspecified atom stereocenters. The van der Waals surface area contributed by atoms with Crippen molar-refractivity contribution in [1.29, 1.82) is 0 Å². The Morgan fingerprint density at radius 3 is 2.61 bits per heavy atom. The number of hydrogen-bond donors (Lipinski definition) is 0. The van der Waals surface area contributed by atoms with Crippen molar-refractivity contribution >= 4 is 22.7 Å². The Balaban J connectivity index is 1.96. The molecule has 0 N–H and O–H groups in total. The molecule has 146 valence electrons. The van der Waals surface area contributed by atoms with Gasteiger partial charge in [0.05, 0.1) is 23.1 Å². The van der Waals surface area contributed by atoms with E-state index in [9.17, 15) is 23.7 Å². The van der Waals surface area contributed by atoms with Crippen LogP contribution in [0, 0.1) is 10.1 Å². The number of imidazole rings is 1. The average Bonchev–Trinajstić information content (AvgIpc) is 3.07. The topological polar surface area (TPSA) is 96.5 Å². The van der Waals surface area contributed by atoms with Gasteiger partial charge in [0.1, 0.15) is 11.3 Å². The molecule has 1 aromatic heterocycles. The van der Waals surface area contributed by atoms with Crippen LogP contribution in [0.15, 0.2) is 42.5 Å². The molecule has 2 aromatic carbocycles. The molecule has 28 heavy (non-hydrogen) atoms. The van der Waals surface area contributed by atoms with E-state index in [1.54, 1.807) is 18.2 Å². The van der Waals surface area contributed by atoms with Gasteiger partial charge in [0.2, 0.25) is 0 Å². The predicted molar refractivity (Wildman–Crippen MR) is 94.5 cm³/mol. The van der Waals surface area contributed by atoms with Crippen LogP contribution in [0.1, 0.15) is 35.8 Å². The average molecular weight is 391 g/mol. The van der Waals surface area contributed by atoms with Crippen molar-refractivity contribution < 1.29 is 28.0 Å². The number of methoxy groups -OCH3 is 1. The highest BCUT2D eigenvalue weighted by Gasteiger charge is 2.26. The normalized spacial score (nSPS) is 12.2. The number of hydrogen-bond acceptors (Lipinski definition) is 6. The van der Waals surface area contributed by atoms with Gasteiger partial charge in [-0.05, 0) is 25.1 Å². The maximum atomic E-state index is 13.6. The van der Waals surface area contributed by atoms with Crippen molar-refractivity contribution in [1.82, 2.24) is 9.55 Å². The molecule has 0 aliphatic rings. The second-order valence-electron chi connectivity index (χ2n) is 5.80. The third-order valence-corrected chi connectivity index (χ3v) is 4.08. The Labute approximate surface area is 157 Å². The van der Waals surface area contributed by atoms with Crippen LogP contribution < -0.4 is 4.74 Å². The minimum Gasteiger partial charge on any atom is -0.496 e. The van der Waals surface area contributed by atoms with Crippen molar-refractivity contribution in [3.63, 3.8) is 0 Å². The van der Waals surface area contributed by atoms with Crippen LogP contribution in [0.4, 0.5) is 14.5 Å². The monoisotopic (exact) mass is 391 g/mol. The van der Waals surface area contributed by atoms with Crippen molar-refractivity contribution in [2.45, 2.75) is 19.6 Å². The minimum atomic E-state index is -2.89. The first kappa shape index (κ1) is 19.2. The lowest BCUT2D eigenvalue weighted by Gasteiger charge is -2.16. The van der Waals surface area contributed by atoms with Crippen LogP contribution in [0.2, 0.25) is 0 Å². The lowest BCUT2D eigenvalue weighted by molar-refractivity contribution is -0.384. The molecule has 3 rings (SSSR count). The van der Waals surface area contributed by atoms with Crippen LogP contribution >= 0.6 is 0 Å². The molecule has 3 aromatic rings. The molecule has 0 aliphatic heterocycles. The second kappa shape index (κ2) is 7.59. The lowest BCUT2D eigenvalue weighted by atomic mass is 10.1. The van der Waals surface area contributed by atoms with E-state index >= 15 is 0 Å². The number of nitrogens with zero attached hydrogens (tertiary/aromatic N) is 3. The zero-order valence-electron chi connectivity index (χ0n) is 14.8. The summed E-state index contributed by atoms with van der Waals surface area (Å²) in [5.41, 5.74) is 0.000405. The molecule has 0 fully saturated rings. The number of ether oxygens (including phenoxy) is 2. The van der Waals surface area contributed by atoms with E-state index in [1.165, 1.54) is 32.2 Å². The summed E-state index contributed by atoms with van der Waals surface area (Å²) < 4.78 is 38.1. The third kappa shape index (κ3) is 3.48. The molecule has 1 atom stereocenters. The first-order valence-electron chi connectivity index (χ1n) is 8.12. The van der Waals surface area contributed by atoms with E-state index in [-0.39, 0.29) is 28.3 Å². The Bertz CT molecular complexity index is 1050. The summed E-state index contributed by atoms with van der Waals surface area (Å²) in [6.45, 7) is -1.50. The van der Waals surface area contributed by atoms with E-state index in [0.717, 1.165) is 6.07 Å². The standard InChI is InChI=1S/C18H15F2N3O5/c1-10(16-21-13-5-3-4-6-14(13)22(16)18(19)20)28-17(24)12-9-11(23(25)26)7-8-15(12)27-2/h3-10,18H,1-2H3. The summed E-state index contributed by atoms with van der Waals surface area (Å²) in [7, 11) is 1.29. The summed E-state index contributed by atoms with van der Waals surface area (Å²) >= 11 is 0. The fourth-order valence-electron chi connectivity index (χ4n) is 2.80. The van der Waals surface area contributed by atoms with Crippen LogP contribution in [0.5, 0.6) is 5.75 Å². The number of non-ortho nitro benzene ring substituents is 1. The van der Waals surface area contributed by atoms with Gasteiger partial charge in [0.15, 0.2) is 11.9 Å². The molecular weight excluding hydrogens is 376 g/mol. The number of alkyl halides is 2. The number of halogens is 2. The fourth-order valence-corrected chi connectivity index (χ4v) is 2.80. The first-order chi connectivity index (χ1) is 13.3. The van der Waals surface area contributed by atoms with Gasteiger partial charge in [-0.2, -0.15) is 8.78 Å². The highest BCUT2D eigenvalue weighted by atomic mass is 19.3. The fraction of sp³-hybridized carbons (Fsp3) is 0.222. The SMILES string of the molecule is COc1ccc([N+](=O)[O-])cc1C(=O)OC(C)c1nc2ccccc2n1C(F)F. The van der Waals surface area contributed by atoms with E-state index < -0.39 is 23.5 Å². The molecular formula is C18H15F2N3O5. The molecule has 0 bridgehead atoms. The summed E-state index contributed by atoms with van der Waals surface area (Å²) in [6.07, 6.45) is -1.14. The molecule has 0 aliphatic carbocycles. The Morgan fingerprint density at radius 1 is 1.25 bits per heavy atom. The number of fused-ring (bicyclic) bond motifs is 1. The smallest absolute Gasteiger partial charge is 0.342 e. The predicted octanol–water partition coefficient (Wildman–Crippen LogP) is 4.27. The van der Waals surface area contributed by atoms with Gasteiger partial charge in [-0.25, -0.2) is 9.78 Å². The number of nitro groups is 1. The highest BCUT2D eigenvalue weighted by molar-refractivity contribution is 5.93. The minimum absolute atomic E-state index is 0.0603. The number of rotatable bonds is 6. The van der Waals surface area contributed by atoms with Crippen molar-refractivity contribution in [2.75, 3.05) is 7.11 Å². The summed E-state index contributed by atoms with van der Waals surface area (Å²) in [4.78, 5) is 26.9. The molecule has 0 amide bonds. The Morgan fingerprint density at radius 2 is 1.96 bits per heavy atom. The van der Waals surface area contributed by atoms with Crippen LogP contribution in [0.25, 0.3) is 11.0 Å².